The minimum Gasteiger partial charge on any atom is -0.374 e. The zero-order chi connectivity index (χ0) is 27.4. The third kappa shape index (κ3) is 8.08. The lowest BCUT2D eigenvalue weighted by Crippen LogP contribution is -2.61. The van der Waals surface area contributed by atoms with E-state index in [0.29, 0.717) is 26.4 Å². The molecule has 4 aromatic carbocycles. The number of aliphatic hydroxyl groups excluding tert-OH is 1. The van der Waals surface area contributed by atoms with Crippen LogP contribution in [0.5, 0.6) is 0 Å². The van der Waals surface area contributed by atoms with Crippen molar-refractivity contribution < 1.29 is 28.8 Å². The van der Waals surface area contributed by atoms with Crippen molar-refractivity contribution in [1.29, 1.82) is 0 Å². The molecule has 0 amide bonds. The molecule has 5 rings (SSSR count). The Labute approximate surface area is 236 Å². The molecule has 4 aromatic rings. The Morgan fingerprint density at radius 2 is 0.850 bits per heavy atom. The van der Waals surface area contributed by atoms with Gasteiger partial charge in [0.15, 0.2) is 6.29 Å². The number of benzene rings is 4. The van der Waals surface area contributed by atoms with Crippen molar-refractivity contribution in [2.24, 2.45) is 0 Å². The van der Waals surface area contributed by atoms with Gasteiger partial charge in [0.25, 0.3) is 0 Å². The second kappa shape index (κ2) is 14.9. The van der Waals surface area contributed by atoms with E-state index in [4.69, 9.17) is 23.7 Å². The van der Waals surface area contributed by atoms with Crippen molar-refractivity contribution in [3.05, 3.63) is 144 Å². The van der Waals surface area contributed by atoms with Gasteiger partial charge in [-0.2, -0.15) is 0 Å². The van der Waals surface area contributed by atoms with Gasteiger partial charge >= 0.3 is 0 Å². The molecular weight excluding hydrogens is 504 g/mol. The highest BCUT2D eigenvalue weighted by molar-refractivity contribution is 5.16. The molecule has 6 heteroatoms. The highest BCUT2D eigenvalue weighted by Crippen LogP contribution is 2.30. The average molecular weight is 541 g/mol. The van der Waals surface area contributed by atoms with E-state index in [1.807, 2.05) is 121 Å². The molecule has 0 unspecified atom stereocenters. The molecule has 0 saturated carbocycles. The first-order valence-corrected chi connectivity index (χ1v) is 13.7. The lowest BCUT2D eigenvalue weighted by atomic mass is 9.98. The summed E-state index contributed by atoms with van der Waals surface area (Å²) in [6.07, 6.45) is -3.72. The van der Waals surface area contributed by atoms with E-state index in [1.165, 1.54) is 0 Å². The minimum absolute atomic E-state index is 0.224. The summed E-state index contributed by atoms with van der Waals surface area (Å²) in [7, 11) is 0. The molecule has 0 spiro atoms. The number of ether oxygens (including phenoxy) is 5. The largest absolute Gasteiger partial charge is 0.374 e. The summed E-state index contributed by atoms with van der Waals surface area (Å²) in [5, 5.41) is 11.2. The van der Waals surface area contributed by atoms with Crippen LogP contribution in [0, 0.1) is 0 Å². The monoisotopic (exact) mass is 540 g/mol. The van der Waals surface area contributed by atoms with E-state index in [9.17, 15) is 5.11 Å². The topological polar surface area (TPSA) is 66.4 Å². The third-order valence-corrected chi connectivity index (χ3v) is 6.86. The highest BCUT2D eigenvalue weighted by Gasteiger charge is 2.48. The van der Waals surface area contributed by atoms with Gasteiger partial charge in [0.05, 0.1) is 33.0 Å². The van der Waals surface area contributed by atoms with Crippen LogP contribution in [0.2, 0.25) is 0 Å². The number of aliphatic hydroxyl groups is 1. The first-order valence-electron chi connectivity index (χ1n) is 13.7. The Morgan fingerprint density at radius 3 is 1.30 bits per heavy atom. The van der Waals surface area contributed by atoms with Crippen LogP contribution in [0.25, 0.3) is 0 Å². The van der Waals surface area contributed by atoms with Gasteiger partial charge in [0.2, 0.25) is 0 Å². The van der Waals surface area contributed by atoms with Crippen LogP contribution >= 0.6 is 0 Å². The lowest BCUT2D eigenvalue weighted by molar-refractivity contribution is -0.317. The van der Waals surface area contributed by atoms with Gasteiger partial charge in [-0.25, -0.2) is 0 Å². The normalized spacial score (nSPS) is 22.7. The van der Waals surface area contributed by atoms with Crippen LogP contribution in [0.1, 0.15) is 22.3 Å². The molecular formula is C34H36O6. The van der Waals surface area contributed by atoms with Gasteiger partial charge in [0, 0.05) is 0 Å². The van der Waals surface area contributed by atoms with E-state index < -0.39 is 30.7 Å². The molecule has 6 nitrogen and oxygen atoms in total. The Balaban J connectivity index is 1.36. The molecule has 1 fully saturated rings. The zero-order valence-corrected chi connectivity index (χ0v) is 22.5. The molecule has 1 aliphatic rings. The summed E-state index contributed by atoms with van der Waals surface area (Å²) in [5.74, 6) is 0. The van der Waals surface area contributed by atoms with Crippen molar-refractivity contribution in [2.75, 3.05) is 6.61 Å². The van der Waals surface area contributed by atoms with E-state index in [-0.39, 0.29) is 6.61 Å². The summed E-state index contributed by atoms with van der Waals surface area (Å²) < 4.78 is 31.4. The number of hydrogen-bond donors (Lipinski definition) is 1. The molecule has 1 saturated heterocycles. The Bertz CT molecular complexity index is 1240. The smallest absolute Gasteiger partial charge is 0.184 e. The number of hydrogen-bond acceptors (Lipinski definition) is 6. The summed E-state index contributed by atoms with van der Waals surface area (Å²) in [5.41, 5.74) is 4.10. The quantitative estimate of drug-likeness (QED) is 0.236. The lowest BCUT2D eigenvalue weighted by Gasteiger charge is -2.44. The van der Waals surface area contributed by atoms with Gasteiger partial charge in [-0.1, -0.05) is 121 Å². The predicted octanol–water partition coefficient (Wildman–Crippen LogP) is 5.68. The molecule has 40 heavy (non-hydrogen) atoms. The van der Waals surface area contributed by atoms with Crippen LogP contribution in [-0.2, 0) is 50.1 Å². The van der Waals surface area contributed by atoms with E-state index in [2.05, 4.69) is 0 Å². The van der Waals surface area contributed by atoms with Crippen LogP contribution in [0.3, 0.4) is 0 Å². The average Bonchev–Trinajstić information content (AvgIpc) is 3.01. The first-order chi connectivity index (χ1) is 19.8. The highest BCUT2D eigenvalue weighted by atomic mass is 16.7. The molecule has 5 atom stereocenters. The van der Waals surface area contributed by atoms with Gasteiger partial charge in [0.1, 0.15) is 24.4 Å². The van der Waals surface area contributed by atoms with E-state index in [0.717, 1.165) is 22.3 Å². The second-order valence-corrected chi connectivity index (χ2v) is 9.85. The molecule has 0 radical (unpaired) electrons. The predicted molar refractivity (Wildman–Crippen MR) is 152 cm³/mol. The molecule has 0 aliphatic carbocycles. The van der Waals surface area contributed by atoms with Crippen molar-refractivity contribution in [2.45, 2.75) is 57.1 Å². The standard InChI is InChI=1S/C34H36O6/c35-34-33(39-24-29-19-11-4-12-20-29)32(38-23-28-17-9-3-10-18-28)31(37-22-27-15-7-2-8-16-27)30(40-34)25-36-21-26-13-5-1-6-14-26/h1-20,30-35H,21-25H2/t30-,31-,32+,33+,34-/m1/s1. The van der Waals surface area contributed by atoms with E-state index >= 15 is 0 Å². The first kappa shape index (κ1) is 28.2. The summed E-state index contributed by atoms with van der Waals surface area (Å²) in [6.45, 7) is 1.65. The minimum atomic E-state index is -1.22. The molecule has 0 bridgehead atoms. The van der Waals surface area contributed by atoms with Gasteiger partial charge in [-0.05, 0) is 22.3 Å². The van der Waals surface area contributed by atoms with Gasteiger partial charge in [-0.15, -0.1) is 0 Å². The maximum atomic E-state index is 11.2. The molecule has 1 N–H and O–H groups in total. The SMILES string of the molecule is O[C@@H]1O[C@H](COCc2ccccc2)[C@@H](OCc2ccccc2)[C@H](OCc2ccccc2)[C@@H]1OCc1ccccc1. The fraction of sp³-hybridized carbons (Fsp3) is 0.294. The zero-order valence-electron chi connectivity index (χ0n) is 22.5. The number of rotatable bonds is 13. The van der Waals surface area contributed by atoms with Crippen molar-refractivity contribution >= 4 is 0 Å². The molecule has 1 heterocycles. The summed E-state index contributed by atoms with van der Waals surface area (Å²) in [6, 6.07) is 39.7. The van der Waals surface area contributed by atoms with Crippen molar-refractivity contribution in [1.82, 2.24) is 0 Å². The van der Waals surface area contributed by atoms with Crippen LogP contribution in [-0.4, -0.2) is 42.4 Å². The molecule has 0 aromatic heterocycles. The van der Waals surface area contributed by atoms with Crippen LogP contribution < -0.4 is 0 Å². The fourth-order valence-corrected chi connectivity index (χ4v) is 4.77. The van der Waals surface area contributed by atoms with Crippen LogP contribution in [0.4, 0.5) is 0 Å². The maximum absolute atomic E-state index is 11.2. The molecule has 1 aliphatic heterocycles. The summed E-state index contributed by atoms with van der Waals surface area (Å²) in [4.78, 5) is 0. The van der Waals surface area contributed by atoms with E-state index in [1.54, 1.807) is 0 Å². The second-order valence-electron chi connectivity index (χ2n) is 9.85. The Hall–Kier alpha value is -3.36. The van der Waals surface area contributed by atoms with Crippen molar-refractivity contribution in [3.63, 3.8) is 0 Å². The van der Waals surface area contributed by atoms with Crippen molar-refractivity contribution in [3.8, 4) is 0 Å². The third-order valence-electron chi connectivity index (χ3n) is 6.86. The fourth-order valence-electron chi connectivity index (χ4n) is 4.77. The van der Waals surface area contributed by atoms with Gasteiger partial charge < -0.3 is 28.8 Å². The molecule has 208 valence electrons. The van der Waals surface area contributed by atoms with Gasteiger partial charge in [-0.3, -0.25) is 0 Å². The summed E-state index contributed by atoms with van der Waals surface area (Å²) >= 11 is 0. The van der Waals surface area contributed by atoms with Crippen LogP contribution in [0.15, 0.2) is 121 Å². The Kier molecular flexibility index (Phi) is 10.5. The Morgan fingerprint density at radius 1 is 0.475 bits per heavy atom. The maximum Gasteiger partial charge on any atom is 0.184 e.